The third kappa shape index (κ3) is 3.44. The summed E-state index contributed by atoms with van der Waals surface area (Å²) in [4.78, 5) is 24.8. The van der Waals surface area contributed by atoms with E-state index in [0.29, 0.717) is 25.6 Å². The molecule has 1 atom stereocenters. The molecule has 0 aliphatic carbocycles. The van der Waals surface area contributed by atoms with Gasteiger partial charge in [0.15, 0.2) is 6.10 Å². The largest absolute Gasteiger partial charge is 0.481 e. The van der Waals surface area contributed by atoms with Gasteiger partial charge in [-0.3, -0.25) is 4.79 Å². The Bertz CT molecular complexity index is 525. The van der Waals surface area contributed by atoms with Crippen molar-refractivity contribution in [1.29, 1.82) is 0 Å². The third-order valence-corrected chi connectivity index (χ3v) is 4.77. The van der Waals surface area contributed by atoms with Crippen LogP contribution in [0.2, 0.25) is 0 Å². The highest BCUT2D eigenvalue weighted by atomic mass is 32.2. The average molecular weight is 324 g/mol. The summed E-state index contributed by atoms with van der Waals surface area (Å²) >= 11 is 1.89. The second kappa shape index (κ2) is 7.15. The summed E-state index contributed by atoms with van der Waals surface area (Å²) in [5, 5.41) is 0. The summed E-state index contributed by atoms with van der Waals surface area (Å²) in [5.41, 5.74) is 0. The smallest absolute Gasteiger partial charge is 0.253 e. The highest BCUT2D eigenvalue weighted by Gasteiger charge is 2.31. The zero-order valence-corrected chi connectivity index (χ0v) is 13.4. The number of thioether (sulfide) groups is 1. The van der Waals surface area contributed by atoms with E-state index in [9.17, 15) is 4.79 Å². The molecular formula is C14H20N4O3S. The van der Waals surface area contributed by atoms with Gasteiger partial charge in [0.1, 0.15) is 12.1 Å². The van der Waals surface area contributed by atoms with Gasteiger partial charge in [-0.05, 0) is 0 Å². The lowest BCUT2D eigenvalue weighted by molar-refractivity contribution is -0.144. The quantitative estimate of drug-likeness (QED) is 0.790. The maximum absolute atomic E-state index is 12.6. The van der Waals surface area contributed by atoms with Crippen LogP contribution in [-0.2, 0) is 9.53 Å². The van der Waals surface area contributed by atoms with Crippen LogP contribution in [-0.4, -0.2) is 78.3 Å². The number of hydrogen-bond acceptors (Lipinski definition) is 7. The molecule has 3 rings (SSSR count). The lowest BCUT2D eigenvalue weighted by Crippen LogP contribution is -2.52. The van der Waals surface area contributed by atoms with Crippen molar-refractivity contribution in [3.05, 3.63) is 12.4 Å². The van der Waals surface area contributed by atoms with E-state index in [0.717, 1.165) is 30.4 Å². The van der Waals surface area contributed by atoms with E-state index in [2.05, 4.69) is 14.9 Å². The molecule has 2 fully saturated rings. The van der Waals surface area contributed by atoms with Crippen molar-refractivity contribution in [2.24, 2.45) is 0 Å². The van der Waals surface area contributed by atoms with Crippen LogP contribution in [0, 0.1) is 0 Å². The minimum absolute atomic E-state index is 0.0889. The van der Waals surface area contributed by atoms with E-state index >= 15 is 0 Å². The Morgan fingerprint density at radius 2 is 2.18 bits per heavy atom. The lowest BCUT2D eigenvalue weighted by atomic mass is 10.2. The molecule has 1 aromatic heterocycles. The fraction of sp³-hybridized carbons (Fsp3) is 0.643. The summed E-state index contributed by atoms with van der Waals surface area (Å²) in [5.74, 6) is 3.39. The topological polar surface area (TPSA) is 67.8 Å². The molecule has 120 valence electrons. The zero-order chi connectivity index (χ0) is 15.4. The van der Waals surface area contributed by atoms with Crippen LogP contribution < -0.4 is 9.64 Å². The first-order chi connectivity index (χ1) is 10.8. The Kier molecular flexibility index (Phi) is 4.99. The van der Waals surface area contributed by atoms with Gasteiger partial charge in [-0.25, -0.2) is 9.97 Å². The molecule has 7 nitrogen and oxygen atoms in total. The molecule has 1 aromatic rings. The second-order valence-corrected chi connectivity index (χ2v) is 6.39. The molecule has 3 heterocycles. The molecule has 0 saturated carbocycles. The van der Waals surface area contributed by atoms with Gasteiger partial charge in [-0.2, -0.15) is 11.8 Å². The lowest BCUT2D eigenvalue weighted by Gasteiger charge is -2.36. The zero-order valence-electron chi connectivity index (χ0n) is 12.6. The monoisotopic (exact) mass is 324 g/mol. The number of hydrogen-bond donors (Lipinski definition) is 0. The van der Waals surface area contributed by atoms with Crippen molar-refractivity contribution < 1.29 is 14.3 Å². The SMILES string of the molecule is COc1cc(N2CCOC(C(=O)N3CCSCC3)C2)ncn1. The van der Waals surface area contributed by atoms with Crippen LogP contribution >= 0.6 is 11.8 Å². The summed E-state index contributed by atoms with van der Waals surface area (Å²) in [6, 6.07) is 1.78. The minimum atomic E-state index is -0.419. The van der Waals surface area contributed by atoms with Gasteiger partial charge in [-0.15, -0.1) is 0 Å². The van der Waals surface area contributed by atoms with Crippen LogP contribution in [0.25, 0.3) is 0 Å². The Labute approximate surface area is 134 Å². The molecule has 2 saturated heterocycles. The van der Waals surface area contributed by atoms with Crippen LogP contribution in [0.5, 0.6) is 5.88 Å². The Hall–Kier alpha value is -1.54. The Balaban J connectivity index is 1.66. The molecule has 0 bridgehead atoms. The molecule has 0 spiro atoms. The molecular weight excluding hydrogens is 304 g/mol. The van der Waals surface area contributed by atoms with Crippen LogP contribution in [0.4, 0.5) is 5.82 Å². The number of carbonyl (C=O) groups is 1. The fourth-order valence-electron chi connectivity index (χ4n) is 2.61. The van der Waals surface area contributed by atoms with E-state index in [1.54, 1.807) is 13.2 Å². The number of rotatable bonds is 3. The number of nitrogens with zero attached hydrogens (tertiary/aromatic N) is 4. The van der Waals surface area contributed by atoms with Crippen molar-refractivity contribution in [2.45, 2.75) is 6.10 Å². The van der Waals surface area contributed by atoms with Crippen LogP contribution in [0.1, 0.15) is 0 Å². The molecule has 0 radical (unpaired) electrons. The average Bonchev–Trinajstić information content (AvgIpc) is 2.62. The first kappa shape index (κ1) is 15.4. The van der Waals surface area contributed by atoms with Gasteiger partial charge in [0.25, 0.3) is 5.91 Å². The predicted octanol–water partition coefficient (Wildman–Crippen LogP) is 0.266. The molecule has 0 N–H and O–H groups in total. The van der Waals surface area contributed by atoms with Gasteiger partial charge < -0.3 is 19.3 Å². The van der Waals surface area contributed by atoms with Crippen LogP contribution in [0.15, 0.2) is 12.4 Å². The van der Waals surface area contributed by atoms with Gasteiger partial charge in [0.2, 0.25) is 5.88 Å². The Morgan fingerprint density at radius 1 is 1.36 bits per heavy atom. The second-order valence-electron chi connectivity index (χ2n) is 5.16. The standard InChI is InChI=1S/C14H20N4O3S/c1-20-13-8-12(15-10-16-13)18-2-5-21-11(9-18)14(19)17-3-6-22-7-4-17/h8,10-11H,2-7,9H2,1H3. The Morgan fingerprint density at radius 3 is 2.95 bits per heavy atom. The van der Waals surface area contributed by atoms with Crippen molar-refractivity contribution in [3.8, 4) is 5.88 Å². The molecule has 2 aliphatic heterocycles. The number of anilines is 1. The van der Waals surface area contributed by atoms with E-state index < -0.39 is 6.10 Å². The van der Waals surface area contributed by atoms with Crippen molar-refractivity contribution in [1.82, 2.24) is 14.9 Å². The van der Waals surface area contributed by atoms with Gasteiger partial charge in [0, 0.05) is 37.2 Å². The maximum Gasteiger partial charge on any atom is 0.253 e. The minimum Gasteiger partial charge on any atom is -0.481 e. The summed E-state index contributed by atoms with van der Waals surface area (Å²) < 4.78 is 10.8. The van der Waals surface area contributed by atoms with Crippen molar-refractivity contribution in [3.63, 3.8) is 0 Å². The summed E-state index contributed by atoms with van der Waals surface area (Å²) in [7, 11) is 1.58. The van der Waals surface area contributed by atoms with E-state index in [1.807, 2.05) is 16.7 Å². The molecule has 1 unspecified atom stereocenters. The molecule has 1 amide bonds. The predicted molar refractivity (Wildman–Crippen MR) is 84.4 cm³/mol. The number of morpholine rings is 1. The summed E-state index contributed by atoms with van der Waals surface area (Å²) in [6.45, 7) is 3.36. The first-order valence-electron chi connectivity index (χ1n) is 7.37. The highest BCUT2D eigenvalue weighted by Crippen LogP contribution is 2.20. The van der Waals surface area contributed by atoms with Gasteiger partial charge in [0.05, 0.1) is 20.3 Å². The van der Waals surface area contributed by atoms with Gasteiger partial charge in [-0.1, -0.05) is 0 Å². The van der Waals surface area contributed by atoms with Crippen molar-refractivity contribution in [2.75, 3.05) is 56.3 Å². The summed E-state index contributed by atoms with van der Waals surface area (Å²) in [6.07, 6.45) is 1.06. The van der Waals surface area contributed by atoms with E-state index in [4.69, 9.17) is 9.47 Å². The number of ether oxygens (including phenoxy) is 2. The van der Waals surface area contributed by atoms with E-state index in [-0.39, 0.29) is 5.91 Å². The number of amides is 1. The highest BCUT2D eigenvalue weighted by molar-refractivity contribution is 7.99. The molecule has 8 heteroatoms. The first-order valence-corrected chi connectivity index (χ1v) is 8.52. The molecule has 2 aliphatic rings. The third-order valence-electron chi connectivity index (χ3n) is 3.83. The van der Waals surface area contributed by atoms with Crippen LogP contribution in [0.3, 0.4) is 0 Å². The maximum atomic E-state index is 12.6. The fourth-order valence-corrected chi connectivity index (χ4v) is 3.51. The normalized spacial score (nSPS) is 22.5. The number of methoxy groups -OCH3 is 1. The molecule has 0 aromatic carbocycles. The van der Waals surface area contributed by atoms with Gasteiger partial charge >= 0.3 is 0 Å². The van der Waals surface area contributed by atoms with Crippen molar-refractivity contribution >= 4 is 23.5 Å². The molecule has 22 heavy (non-hydrogen) atoms. The van der Waals surface area contributed by atoms with E-state index in [1.165, 1.54) is 6.33 Å². The number of carbonyl (C=O) groups excluding carboxylic acids is 1. The number of aromatic nitrogens is 2.